The summed E-state index contributed by atoms with van der Waals surface area (Å²) in [6.07, 6.45) is 9.56. The maximum absolute atomic E-state index is 12.8. The number of nitrogens with zero attached hydrogens (tertiary/aromatic N) is 4. The fourth-order valence-corrected chi connectivity index (χ4v) is 4.10. The number of hydrogen-bond donors (Lipinski definition) is 0. The molecule has 6 heteroatoms. The molecule has 25 heavy (non-hydrogen) atoms. The lowest BCUT2D eigenvalue weighted by molar-refractivity contribution is 0.0692. The molecule has 1 amide bonds. The molecule has 2 aromatic heterocycles. The summed E-state index contributed by atoms with van der Waals surface area (Å²) in [5.74, 6) is 2.27. The van der Waals surface area contributed by atoms with Crippen molar-refractivity contribution in [1.29, 1.82) is 0 Å². The largest absolute Gasteiger partial charge is 0.361 e. The van der Waals surface area contributed by atoms with Gasteiger partial charge in [0.1, 0.15) is 11.6 Å². The molecule has 2 aliphatic heterocycles. The quantitative estimate of drug-likeness (QED) is 0.856. The van der Waals surface area contributed by atoms with Gasteiger partial charge in [0.25, 0.3) is 5.91 Å². The number of carbonyl (C=O) groups is 1. The average Bonchev–Trinajstić information content (AvgIpc) is 3.28. The number of amides is 1. The maximum atomic E-state index is 12.8. The van der Waals surface area contributed by atoms with E-state index in [4.69, 9.17) is 9.51 Å². The summed E-state index contributed by atoms with van der Waals surface area (Å²) in [7, 11) is 0. The van der Waals surface area contributed by atoms with E-state index in [1.807, 2.05) is 11.1 Å². The Bertz CT molecular complexity index is 748. The van der Waals surface area contributed by atoms with Crippen LogP contribution in [0.4, 0.5) is 0 Å². The van der Waals surface area contributed by atoms with E-state index in [0.29, 0.717) is 11.6 Å². The van der Waals surface area contributed by atoms with E-state index in [1.165, 1.54) is 24.4 Å². The first-order chi connectivity index (χ1) is 12.3. The van der Waals surface area contributed by atoms with Gasteiger partial charge in [-0.2, -0.15) is 0 Å². The van der Waals surface area contributed by atoms with E-state index < -0.39 is 0 Å². The standard InChI is InChI=1S/C19H26N4O2/c1-2-6-16-11-17(21-25-16)19(24)22-9-5-7-14(13-22)18-20-12-15-8-3-4-10-23(15)18/h11-12,14H,2-10,13H2,1H3/t14-/m1/s1. The Hall–Kier alpha value is -2.11. The number of fused-ring (bicyclic) bond motifs is 1. The van der Waals surface area contributed by atoms with Crippen LogP contribution in [0.15, 0.2) is 16.8 Å². The Morgan fingerprint density at radius 1 is 1.32 bits per heavy atom. The minimum Gasteiger partial charge on any atom is -0.361 e. The third-order valence-electron chi connectivity index (χ3n) is 5.38. The summed E-state index contributed by atoms with van der Waals surface area (Å²) in [6, 6.07) is 1.80. The molecule has 4 rings (SSSR count). The van der Waals surface area contributed by atoms with Crippen molar-refractivity contribution in [1.82, 2.24) is 19.6 Å². The molecule has 0 saturated carbocycles. The smallest absolute Gasteiger partial charge is 0.276 e. The Morgan fingerprint density at radius 3 is 3.12 bits per heavy atom. The van der Waals surface area contributed by atoms with E-state index in [-0.39, 0.29) is 5.91 Å². The molecule has 1 atom stereocenters. The fourth-order valence-electron chi connectivity index (χ4n) is 4.10. The van der Waals surface area contributed by atoms with Gasteiger partial charge in [0, 0.05) is 49.9 Å². The van der Waals surface area contributed by atoms with Gasteiger partial charge in [-0.3, -0.25) is 4.79 Å². The van der Waals surface area contributed by atoms with Crippen LogP contribution in [0.1, 0.15) is 72.7 Å². The summed E-state index contributed by atoms with van der Waals surface area (Å²) in [4.78, 5) is 19.4. The van der Waals surface area contributed by atoms with E-state index in [0.717, 1.165) is 57.5 Å². The SMILES string of the molecule is CCCc1cc(C(=O)N2CCC[C@@H](c3ncc4n3CCCC4)C2)no1. The van der Waals surface area contributed by atoms with Crippen LogP contribution >= 0.6 is 0 Å². The zero-order valence-corrected chi connectivity index (χ0v) is 14.9. The van der Waals surface area contributed by atoms with Gasteiger partial charge in [-0.1, -0.05) is 12.1 Å². The number of likely N-dealkylation sites (tertiary alicyclic amines) is 1. The molecular formula is C19H26N4O2. The summed E-state index contributed by atoms with van der Waals surface area (Å²) in [5, 5.41) is 3.98. The molecule has 1 fully saturated rings. The van der Waals surface area contributed by atoms with Gasteiger partial charge in [-0.05, 0) is 38.5 Å². The minimum absolute atomic E-state index is 0.0128. The number of aromatic nitrogens is 3. The number of hydrogen-bond acceptors (Lipinski definition) is 4. The second-order valence-electron chi connectivity index (χ2n) is 7.24. The van der Waals surface area contributed by atoms with Gasteiger partial charge >= 0.3 is 0 Å². The van der Waals surface area contributed by atoms with Crippen molar-refractivity contribution in [3.63, 3.8) is 0 Å². The lowest BCUT2D eigenvalue weighted by Crippen LogP contribution is -2.40. The van der Waals surface area contributed by atoms with Crippen molar-refractivity contribution < 1.29 is 9.32 Å². The van der Waals surface area contributed by atoms with E-state index in [9.17, 15) is 4.79 Å². The van der Waals surface area contributed by atoms with Crippen LogP contribution in [0.2, 0.25) is 0 Å². The van der Waals surface area contributed by atoms with Crippen LogP contribution in [-0.2, 0) is 19.4 Å². The first kappa shape index (κ1) is 16.4. The van der Waals surface area contributed by atoms with Crippen molar-refractivity contribution >= 4 is 5.91 Å². The second kappa shape index (κ2) is 7.02. The van der Waals surface area contributed by atoms with Crippen LogP contribution < -0.4 is 0 Å². The average molecular weight is 342 g/mol. The van der Waals surface area contributed by atoms with Crippen molar-refractivity contribution in [2.24, 2.45) is 0 Å². The molecule has 4 heterocycles. The van der Waals surface area contributed by atoms with E-state index >= 15 is 0 Å². The predicted molar refractivity (Wildman–Crippen MR) is 93.5 cm³/mol. The Labute approximate surface area is 148 Å². The van der Waals surface area contributed by atoms with Gasteiger partial charge in [-0.25, -0.2) is 4.98 Å². The van der Waals surface area contributed by atoms with Gasteiger partial charge < -0.3 is 14.0 Å². The molecule has 2 aromatic rings. The highest BCUT2D eigenvalue weighted by atomic mass is 16.5. The number of imidazole rings is 1. The van der Waals surface area contributed by atoms with E-state index in [1.54, 1.807) is 6.07 Å². The first-order valence-electron chi connectivity index (χ1n) is 9.55. The highest BCUT2D eigenvalue weighted by Gasteiger charge is 2.30. The molecule has 2 aliphatic rings. The summed E-state index contributed by atoms with van der Waals surface area (Å²) >= 11 is 0. The van der Waals surface area contributed by atoms with Gasteiger partial charge in [0.15, 0.2) is 5.69 Å². The molecule has 0 unspecified atom stereocenters. The second-order valence-corrected chi connectivity index (χ2v) is 7.24. The third kappa shape index (κ3) is 3.22. The fraction of sp³-hybridized carbons (Fsp3) is 0.632. The van der Waals surface area contributed by atoms with Crippen molar-refractivity contribution in [2.75, 3.05) is 13.1 Å². The Morgan fingerprint density at radius 2 is 2.24 bits per heavy atom. The molecule has 6 nitrogen and oxygen atoms in total. The monoisotopic (exact) mass is 342 g/mol. The van der Waals surface area contributed by atoms with Gasteiger partial charge in [0.05, 0.1) is 0 Å². The first-order valence-corrected chi connectivity index (χ1v) is 9.55. The maximum Gasteiger partial charge on any atom is 0.276 e. The highest BCUT2D eigenvalue weighted by molar-refractivity contribution is 5.92. The number of rotatable bonds is 4. The number of carbonyl (C=O) groups excluding carboxylic acids is 1. The van der Waals surface area contributed by atoms with Gasteiger partial charge in [0.2, 0.25) is 0 Å². The molecule has 0 spiro atoms. The van der Waals surface area contributed by atoms with Crippen LogP contribution in [-0.4, -0.2) is 38.6 Å². The highest BCUT2D eigenvalue weighted by Crippen LogP contribution is 2.29. The summed E-state index contributed by atoms with van der Waals surface area (Å²) in [5.41, 5.74) is 1.79. The molecule has 0 radical (unpaired) electrons. The van der Waals surface area contributed by atoms with Crippen LogP contribution in [0.25, 0.3) is 0 Å². The molecule has 1 saturated heterocycles. The zero-order chi connectivity index (χ0) is 17.2. The van der Waals surface area contributed by atoms with Crippen molar-refractivity contribution in [3.05, 3.63) is 35.2 Å². The molecule has 0 N–H and O–H groups in total. The number of piperidine rings is 1. The lowest BCUT2D eigenvalue weighted by atomic mass is 9.96. The third-order valence-corrected chi connectivity index (χ3v) is 5.38. The number of aryl methyl sites for hydroxylation is 2. The normalized spacial score (nSPS) is 20.5. The molecule has 0 aliphatic carbocycles. The van der Waals surface area contributed by atoms with Crippen LogP contribution in [0.5, 0.6) is 0 Å². The minimum atomic E-state index is -0.0128. The van der Waals surface area contributed by atoms with E-state index in [2.05, 4.69) is 16.6 Å². The lowest BCUT2D eigenvalue weighted by Gasteiger charge is -2.32. The summed E-state index contributed by atoms with van der Waals surface area (Å²) in [6.45, 7) is 4.67. The predicted octanol–water partition coefficient (Wildman–Crippen LogP) is 3.18. The zero-order valence-electron chi connectivity index (χ0n) is 14.9. The molecule has 0 aromatic carbocycles. The molecule has 0 bridgehead atoms. The Kier molecular flexibility index (Phi) is 4.59. The van der Waals surface area contributed by atoms with Crippen molar-refractivity contribution in [3.8, 4) is 0 Å². The molecular weight excluding hydrogens is 316 g/mol. The van der Waals surface area contributed by atoms with Gasteiger partial charge in [-0.15, -0.1) is 0 Å². The molecule has 134 valence electrons. The topological polar surface area (TPSA) is 64.2 Å². The Balaban J connectivity index is 1.49. The van der Waals surface area contributed by atoms with Crippen molar-refractivity contribution in [2.45, 2.75) is 64.3 Å². The van der Waals surface area contributed by atoms with Crippen LogP contribution in [0.3, 0.4) is 0 Å². The summed E-state index contributed by atoms with van der Waals surface area (Å²) < 4.78 is 7.66. The van der Waals surface area contributed by atoms with Crippen LogP contribution in [0, 0.1) is 0 Å².